The average molecular weight is 486 g/mol. The Labute approximate surface area is 193 Å². The van der Waals surface area contributed by atoms with Crippen LogP contribution in [0.2, 0.25) is 0 Å². The molecule has 4 aromatic rings. The number of carbonyl (C=O) groups excluding carboxylic acids is 1. The zero-order valence-corrected chi connectivity index (χ0v) is 19.5. The molecule has 11 heteroatoms. The van der Waals surface area contributed by atoms with Gasteiger partial charge in [-0.05, 0) is 56.2 Å². The third-order valence-electron chi connectivity index (χ3n) is 5.47. The van der Waals surface area contributed by atoms with Crippen molar-refractivity contribution in [2.75, 3.05) is 12.4 Å². The zero-order valence-electron chi connectivity index (χ0n) is 17.8. The summed E-state index contributed by atoms with van der Waals surface area (Å²) in [5.41, 5.74) is 1.19. The lowest BCUT2D eigenvalue weighted by Gasteiger charge is -2.16. The average Bonchev–Trinajstić information content (AvgIpc) is 3.44. The Hall–Kier alpha value is -3.15. The maximum atomic E-state index is 14.1. The fraction of sp³-hybridized carbons (Fsp3) is 0.227. The SMILES string of the molecule is Cc1cc(NC(=O)c2ccc(S(=O)(=O)N(C)C3CC3)cc2)n(-c2nc3c(F)cccc3s2)n1. The predicted molar refractivity (Wildman–Crippen MR) is 124 cm³/mol. The minimum atomic E-state index is -3.58. The summed E-state index contributed by atoms with van der Waals surface area (Å²) in [6, 6.07) is 12.3. The first-order valence-corrected chi connectivity index (χ1v) is 12.5. The summed E-state index contributed by atoms with van der Waals surface area (Å²) in [6.45, 7) is 1.77. The molecule has 1 fully saturated rings. The highest BCUT2D eigenvalue weighted by Gasteiger charge is 2.35. The van der Waals surface area contributed by atoms with Crippen LogP contribution in [0, 0.1) is 12.7 Å². The number of hydrogen-bond acceptors (Lipinski definition) is 6. The summed E-state index contributed by atoms with van der Waals surface area (Å²) < 4.78 is 42.9. The van der Waals surface area contributed by atoms with Crippen molar-refractivity contribution < 1.29 is 17.6 Å². The topological polar surface area (TPSA) is 97.2 Å². The lowest BCUT2D eigenvalue weighted by molar-refractivity contribution is 0.102. The van der Waals surface area contributed by atoms with Crippen LogP contribution in [0.25, 0.3) is 15.3 Å². The van der Waals surface area contributed by atoms with Gasteiger partial charge in [0.05, 0.1) is 15.3 Å². The van der Waals surface area contributed by atoms with E-state index >= 15 is 0 Å². The van der Waals surface area contributed by atoms with Crippen molar-refractivity contribution in [3.63, 3.8) is 0 Å². The van der Waals surface area contributed by atoms with Gasteiger partial charge in [0, 0.05) is 24.7 Å². The van der Waals surface area contributed by atoms with E-state index in [2.05, 4.69) is 15.4 Å². The molecule has 1 aliphatic carbocycles. The van der Waals surface area contributed by atoms with E-state index in [0.29, 0.717) is 26.9 Å². The van der Waals surface area contributed by atoms with Crippen LogP contribution in [0.3, 0.4) is 0 Å². The molecule has 2 aromatic carbocycles. The number of hydrogen-bond donors (Lipinski definition) is 1. The molecule has 0 atom stereocenters. The van der Waals surface area contributed by atoms with Crippen LogP contribution in [0.15, 0.2) is 53.4 Å². The van der Waals surface area contributed by atoms with E-state index in [1.807, 2.05) is 0 Å². The summed E-state index contributed by atoms with van der Waals surface area (Å²) in [4.78, 5) is 17.3. The molecule has 2 heterocycles. The Morgan fingerprint density at radius 1 is 1.21 bits per heavy atom. The number of aryl methyl sites for hydroxylation is 1. The van der Waals surface area contributed by atoms with Crippen molar-refractivity contribution >= 4 is 43.3 Å². The van der Waals surface area contributed by atoms with E-state index in [9.17, 15) is 17.6 Å². The number of halogens is 1. The van der Waals surface area contributed by atoms with Gasteiger partial charge in [0.2, 0.25) is 15.2 Å². The number of anilines is 1. The number of thiazole rings is 1. The first-order valence-electron chi connectivity index (χ1n) is 10.3. The van der Waals surface area contributed by atoms with Gasteiger partial charge in [0.25, 0.3) is 5.91 Å². The summed E-state index contributed by atoms with van der Waals surface area (Å²) >= 11 is 1.26. The van der Waals surface area contributed by atoms with Crippen molar-refractivity contribution in [2.45, 2.75) is 30.7 Å². The van der Waals surface area contributed by atoms with Gasteiger partial charge in [-0.1, -0.05) is 17.4 Å². The Morgan fingerprint density at radius 2 is 1.94 bits per heavy atom. The monoisotopic (exact) mass is 485 g/mol. The fourth-order valence-electron chi connectivity index (χ4n) is 3.50. The van der Waals surface area contributed by atoms with Crippen LogP contribution in [-0.2, 0) is 10.0 Å². The molecular formula is C22H20FN5O3S2. The highest BCUT2D eigenvalue weighted by molar-refractivity contribution is 7.89. The maximum absolute atomic E-state index is 14.1. The van der Waals surface area contributed by atoms with Crippen LogP contribution >= 0.6 is 11.3 Å². The fourth-order valence-corrected chi connectivity index (χ4v) is 5.86. The predicted octanol–water partition coefficient (Wildman–Crippen LogP) is 3.96. The summed E-state index contributed by atoms with van der Waals surface area (Å²) in [6.07, 6.45) is 1.73. The van der Waals surface area contributed by atoms with Crippen LogP contribution < -0.4 is 5.32 Å². The summed E-state index contributed by atoms with van der Waals surface area (Å²) in [5.74, 6) is -0.475. The van der Waals surface area contributed by atoms with Crippen molar-refractivity contribution in [1.29, 1.82) is 0 Å². The van der Waals surface area contributed by atoms with E-state index < -0.39 is 21.7 Å². The molecule has 0 bridgehead atoms. The minimum absolute atomic E-state index is 0.0532. The maximum Gasteiger partial charge on any atom is 0.256 e. The van der Waals surface area contributed by atoms with Gasteiger partial charge in [0.1, 0.15) is 17.2 Å². The molecule has 8 nitrogen and oxygen atoms in total. The van der Waals surface area contributed by atoms with E-state index in [4.69, 9.17) is 0 Å². The van der Waals surface area contributed by atoms with Gasteiger partial charge in [-0.2, -0.15) is 14.1 Å². The quantitative estimate of drug-likeness (QED) is 0.446. The lowest BCUT2D eigenvalue weighted by Crippen LogP contribution is -2.29. The van der Waals surface area contributed by atoms with Crippen LogP contribution in [0.1, 0.15) is 28.9 Å². The molecule has 2 aromatic heterocycles. The second-order valence-electron chi connectivity index (χ2n) is 7.90. The first-order chi connectivity index (χ1) is 15.7. The minimum Gasteiger partial charge on any atom is -0.306 e. The molecule has 0 spiro atoms. The number of aromatic nitrogens is 3. The smallest absolute Gasteiger partial charge is 0.256 e. The van der Waals surface area contributed by atoms with Gasteiger partial charge in [0.15, 0.2) is 0 Å². The van der Waals surface area contributed by atoms with Crippen LogP contribution in [0.4, 0.5) is 10.2 Å². The molecule has 0 unspecified atom stereocenters. The number of amides is 1. The number of carbonyl (C=O) groups is 1. The molecule has 5 rings (SSSR count). The molecule has 1 aliphatic rings. The summed E-state index contributed by atoms with van der Waals surface area (Å²) in [5, 5.41) is 7.59. The van der Waals surface area contributed by atoms with Gasteiger partial charge in [-0.3, -0.25) is 4.79 Å². The van der Waals surface area contributed by atoms with Crippen molar-refractivity contribution in [2.24, 2.45) is 0 Å². The molecular weight excluding hydrogens is 465 g/mol. The normalized spacial score (nSPS) is 14.2. The van der Waals surface area contributed by atoms with Crippen molar-refractivity contribution in [3.8, 4) is 5.13 Å². The number of rotatable bonds is 6. The third kappa shape index (κ3) is 4.03. The number of para-hydroxylation sites is 1. The Kier molecular flexibility index (Phi) is 5.26. The van der Waals surface area contributed by atoms with E-state index in [1.54, 1.807) is 32.2 Å². The molecule has 33 heavy (non-hydrogen) atoms. The molecule has 170 valence electrons. The second-order valence-corrected chi connectivity index (χ2v) is 10.9. The lowest BCUT2D eigenvalue weighted by atomic mass is 10.2. The number of sulfonamides is 1. The molecule has 0 aliphatic heterocycles. The Morgan fingerprint density at radius 3 is 2.61 bits per heavy atom. The van der Waals surface area contributed by atoms with Crippen LogP contribution in [0.5, 0.6) is 0 Å². The first kappa shape index (κ1) is 21.7. The Bertz CT molecular complexity index is 1470. The zero-order chi connectivity index (χ0) is 23.3. The number of nitrogens with zero attached hydrogens (tertiary/aromatic N) is 4. The van der Waals surface area contributed by atoms with Gasteiger partial charge >= 0.3 is 0 Å². The number of benzene rings is 2. The van der Waals surface area contributed by atoms with Gasteiger partial charge < -0.3 is 5.32 Å². The number of nitrogens with one attached hydrogen (secondary N) is 1. The second kappa shape index (κ2) is 8.01. The van der Waals surface area contributed by atoms with Crippen molar-refractivity contribution in [3.05, 3.63) is 65.6 Å². The largest absolute Gasteiger partial charge is 0.306 e. The molecule has 0 saturated heterocycles. The van der Waals surface area contributed by atoms with E-state index in [1.165, 1.54) is 50.7 Å². The molecule has 0 radical (unpaired) electrons. The van der Waals surface area contributed by atoms with E-state index in [0.717, 1.165) is 12.8 Å². The highest BCUT2D eigenvalue weighted by atomic mass is 32.2. The number of fused-ring (bicyclic) bond motifs is 1. The van der Waals surface area contributed by atoms with Gasteiger partial charge in [-0.25, -0.2) is 17.8 Å². The standard InChI is InChI=1S/C22H20FN5O3S2/c1-13-12-19(28(26-13)22-25-20-17(23)4-3-5-18(20)32-22)24-21(29)14-6-10-16(11-7-14)33(30,31)27(2)15-8-9-15/h3-7,10-12,15H,8-9H2,1-2H3,(H,24,29). The molecule has 1 N–H and O–H groups in total. The molecule has 1 amide bonds. The summed E-state index contributed by atoms with van der Waals surface area (Å²) in [7, 11) is -2.01. The third-order valence-corrected chi connectivity index (χ3v) is 8.39. The molecule has 1 saturated carbocycles. The van der Waals surface area contributed by atoms with Crippen molar-refractivity contribution in [1.82, 2.24) is 19.1 Å². The van der Waals surface area contributed by atoms with Crippen LogP contribution in [-0.4, -0.2) is 46.5 Å². The Balaban J connectivity index is 1.40. The van der Waals surface area contributed by atoms with Gasteiger partial charge in [-0.15, -0.1) is 0 Å². The highest BCUT2D eigenvalue weighted by Crippen LogP contribution is 2.31. The van der Waals surface area contributed by atoms with E-state index in [-0.39, 0.29) is 16.5 Å².